The monoisotopic (exact) mass is 283 g/mol. The van der Waals surface area contributed by atoms with Crippen LogP contribution in [-0.2, 0) is 11.3 Å². The summed E-state index contributed by atoms with van der Waals surface area (Å²) >= 11 is 3.60. The first kappa shape index (κ1) is 12.1. The number of morpholine rings is 1. The molecule has 2 rings (SSSR count). The van der Waals surface area contributed by atoms with Crippen molar-refractivity contribution in [2.75, 3.05) is 13.1 Å². The van der Waals surface area contributed by atoms with Gasteiger partial charge in [-0.15, -0.1) is 0 Å². The zero-order valence-corrected chi connectivity index (χ0v) is 11.4. The van der Waals surface area contributed by atoms with Crippen LogP contribution in [0.25, 0.3) is 0 Å². The summed E-state index contributed by atoms with van der Waals surface area (Å²) in [5.41, 5.74) is 1.35. The minimum absolute atomic E-state index is 0.339. The van der Waals surface area contributed by atoms with Crippen molar-refractivity contribution in [1.29, 1.82) is 0 Å². The lowest BCUT2D eigenvalue weighted by atomic mass is 10.1. The van der Waals surface area contributed by atoms with Crippen molar-refractivity contribution in [1.82, 2.24) is 4.90 Å². The first-order chi connectivity index (χ1) is 7.65. The van der Waals surface area contributed by atoms with Crippen LogP contribution in [0.3, 0.4) is 0 Å². The van der Waals surface area contributed by atoms with Gasteiger partial charge < -0.3 is 4.74 Å². The summed E-state index contributed by atoms with van der Waals surface area (Å²) in [4.78, 5) is 2.46. The molecule has 88 valence electrons. The van der Waals surface area contributed by atoms with Crippen LogP contribution in [0.2, 0.25) is 0 Å². The predicted molar refractivity (Wildman–Crippen MR) is 69.4 cm³/mol. The molecule has 0 spiro atoms. The first-order valence-electron chi connectivity index (χ1n) is 5.76. The third kappa shape index (κ3) is 3.06. The van der Waals surface area contributed by atoms with Gasteiger partial charge in [-0.1, -0.05) is 34.1 Å². The summed E-state index contributed by atoms with van der Waals surface area (Å²) in [5, 5.41) is 0. The molecule has 3 heteroatoms. The fourth-order valence-corrected chi connectivity index (χ4v) is 2.69. The molecule has 0 aliphatic carbocycles. The summed E-state index contributed by atoms with van der Waals surface area (Å²) < 4.78 is 6.93. The Kier molecular flexibility index (Phi) is 4.00. The van der Waals surface area contributed by atoms with Crippen molar-refractivity contribution in [3.05, 3.63) is 34.3 Å². The maximum absolute atomic E-state index is 5.73. The molecule has 1 fully saturated rings. The van der Waals surface area contributed by atoms with Gasteiger partial charge in [0.1, 0.15) is 0 Å². The second-order valence-corrected chi connectivity index (χ2v) is 5.40. The summed E-state index contributed by atoms with van der Waals surface area (Å²) in [6.45, 7) is 7.32. The minimum atomic E-state index is 0.339. The Hall–Kier alpha value is -0.380. The van der Waals surface area contributed by atoms with Crippen LogP contribution >= 0.6 is 15.9 Å². The van der Waals surface area contributed by atoms with E-state index in [2.05, 4.69) is 58.9 Å². The highest BCUT2D eigenvalue weighted by atomic mass is 79.9. The van der Waals surface area contributed by atoms with Gasteiger partial charge in [0.2, 0.25) is 0 Å². The molecule has 1 aromatic carbocycles. The van der Waals surface area contributed by atoms with Crippen LogP contribution in [0.15, 0.2) is 28.7 Å². The molecule has 0 radical (unpaired) electrons. The maximum Gasteiger partial charge on any atom is 0.0678 e. The van der Waals surface area contributed by atoms with Crippen LogP contribution in [0, 0.1) is 0 Å². The smallest absolute Gasteiger partial charge is 0.0678 e. The molecule has 1 heterocycles. The van der Waals surface area contributed by atoms with Crippen molar-refractivity contribution >= 4 is 15.9 Å². The molecule has 0 amide bonds. The summed E-state index contributed by atoms with van der Waals surface area (Å²) in [6.07, 6.45) is 0.678. The maximum atomic E-state index is 5.73. The zero-order valence-electron chi connectivity index (χ0n) is 9.82. The topological polar surface area (TPSA) is 12.5 Å². The number of benzene rings is 1. The summed E-state index contributed by atoms with van der Waals surface area (Å²) in [6, 6.07) is 8.42. The number of halogens is 1. The van der Waals surface area contributed by atoms with E-state index < -0.39 is 0 Å². The van der Waals surface area contributed by atoms with Crippen LogP contribution in [0.5, 0.6) is 0 Å². The van der Waals surface area contributed by atoms with Gasteiger partial charge in [0.05, 0.1) is 12.2 Å². The lowest BCUT2D eigenvalue weighted by Crippen LogP contribution is -2.44. The van der Waals surface area contributed by atoms with Gasteiger partial charge >= 0.3 is 0 Å². The molecule has 0 N–H and O–H groups in total. The number of ether oxygens (including phenoxy) is 1. The van der Waals surface area contributed by atoms with Crippen LogP contribution in [0.1, 0.15) is 19.4 Å². The Bertz CT molecular complexity index is 346. The molecular weight excluding hydrogens is 266 g/mol. The third-order valence-corrected chi connectivity index (χ3v) is 3.62. The molecular formula is C13H18BrNO. The number of nitrogens with zero attached hydrogens (tertiary/aromatic N) is 1. The second-order valence-electron chi connectivity index (χ2n) is 4.54. The normalized spacial score (nSPS) is 26.9. The van der Waals surface area contributed by atoms with Crippen molar-refractivity contribution in [2.24, 2.45) is 0 Å². The molecule has 0 bridgehead atoms. The highest BCUT2D eigenvalue weighted by molar-refractivity contribution is 9.10. The SMILES string of the molecule is C[C@@H]1CN(Cc2ccccc2Br)C[C@H](C)O1. The Morgan fingerprint density at radius 2 is 1.88 bits per heavy atom. The highest BCUT2D eigenvalue weighted by Crippen LogP contribution is 2.20. The quantitative estimate of drug-likeness (QED) is 0.827. The summed E-state index contributed by atoms with van der Waals surface area (Å²) in [7, 11) is 0. The Morgan fingerprint density at radius 1 is 1.25 bits per heavy atom. The Balaban J connectivity index is 2.02. The first-order valence-corrected chi connectivity index (χ1v) is 6.55. The van der Waals surface area contributed by atoms with Crippen LogP contribution < -0.4 is 0 Å². The second kappa shape index (κ2) is 5.30. The molecule has 2 atom stereocenters. The van der Waals surface area contributed by atoms with Gasteiger partial charge in [-0.2, -0.15) is 0 Å². The molecule has 0 unspecified atom stereocenters. The van der Waals surface area contributed by atoms with Crippen molar-refractivity contribution in [2.45, 2.75) is 32.6 Å². The lowest BCUT2D eigenvalue weighted by molar-refractivity contribution is -0.0705. The largest absolute Gasteiger partial charge is 0.373 e. The van der Waals surface area contributed by atoms with Crippen LogP contribution in [-0.4, -0.2) is 30.2 Å². The standard InChI is InChI=1S/C13H18BrNO/c1-10-7-15(8-11(2)16-10)9-12-5-3-4-6-13(12)14/h3-6,10-11H,7-9H2,1-2H3/t10-,11+. The highest BCUT2D eigenvalue weighted by Gasteiger charge is 2.22. The average Bonchev–Trinajstić information content (AvgIpc) is 2.20. The van der Waals surface area contributed by atoms with E-state index in [4.69, 9.17) is 4.74 Å². The molecule has 1 aromatic rings. The third-order valence-electron chi connectivity index (χ3n) is 2.85. The van der Waals surface area contributed by atoms with E-state index in [1.807, 2.05) is 0 Å². The number of hydrogen-bond donors (Lipinski definition) is 0. The van der Waals surface area contributed by atoms with Crippen molar-refractivity contribution in [3.8, 4) is 0 Å². The molecule has 16 heavy (non-hydrogen) atoms. The van der Waals surface area contributed by atoms with Gasteiger partial charge in [-0.05, 0) is 25.5 Å². The fraction of sp³-hybridized carbons (Fsp3) is 0.538. The van der Waals surface area contributed by atoms with E-state index >= 15 is 0 Å². The Morgan fingerprint density at radius 3 is 2.50 bits per heavy atom. The van der Waals surface area contributed by atoms with Crippen molar-refractivity contribution < 1.29 is 4.74 Å². The van der Waals surface area contributed by atoms with Gasteiger partial charge in [0.25, 0.3) is 0 Å². The van der Waals surface area contributed by atoms with E-state index in [-0.39, 0.29) is 0 Å². The molecule has 1 aliphatic rings. The molecule has 0 aromatic heterocycles. The number of hydrogen-bond acceptors (Lipinski definition) is 2. The van der Waals surface area contributed by atoms with Gasteiger partial charge in [-0.3, -0.25) is 4.90 Å². The van der Waals surface area contributed by atoms with Gasteiger partial charge in [0.15, 0.2) is 0 Å². The van der Waals surface area contributed by atoms with E-state index in [1.165, 1.54) is 10.0 Å². The van der Waals surface area contributed by atoms with E-state index in [9.17, 15) is 0 Å². The molecule has 0 saturated carbocycles. The fourth-order valence-electron chi connectivity index (χ4n) is 2.28. The predicted octanol–water partition coefficient (Wildman–Crippen LogP) is 3.06. The van der Waals surface area contributed by atoms with E-state index in [0.29, 0.717) is 12.2 Å². The lowest BCUT2D eigenvalue weighted by Gasteiger charge is -2.35. The summed E-state index contributed by atoms with van der Waals surface area (Å²) in [5.74, 6) is 0. The van der Waals surface area contributed by atoms with Crippen LogP contribution in [0.4, 0.5) is 0 Å². The van der Waals surface area contributed by atoms with Crippen molar-refractivity contribution in [3.63, 3.8) is 0 Å². The van der Waals surface area contributed by atoms with Gasteiger partial charge in [-0.25, -0.2) is 0 Å². The van der Waals surface area contributed by atoms with E-state index in [0.717, 1.165) is 19.6 Å². The van der Waals surface area contributed by atoms with E-state index in [1.54, 1.807) is 0 Å². The molecule has 2 nitrogen and oxygen atoms in total. The Labute approximate surface area is 106 Å². The van der Waals surface area contributed by atoms with Gasteiger partial charge in [0, 0.05) is 24.1 Å². The molecule has 1 aliphatic heterocycles. The average molecular weight is 284 g/mol. The minimum Gasteiger partial charge on any atom is -0.373 e. The zero-order chi connectivity index (χ0) is 11.5. The molecule has 1 saturated heterocycles. The number of rotatable bonds is 2.